The van der Waals surface area contributed by atoms with Gasteiger partial charge < -0.3 is 11.1 Å². The van der Waals surface area contributed by atoms with Crippen molar-refractivity contribution in [3.05, 3.63) is 27.3 Å². The van der Waals surface area contributed by atoms with Crippen LogP contribution in [0.15, 0.2) is 21.0 Å². The molecule has 0 aliphatic carbocycles. The summed E-state index contributed by atoms with van der Waals surface area (Å²) in [6.07, 6.45) is 1.40. The van der Waals surface area contributed by atoms with Crippen LogP contribution in [0, 0.1) is 0 Å². The molecule has 1 aliphatic heterocycles. The molecule has 3 rings (SSSR count). The summed E-state index contributed by atoms with van der Waals surface area (Å²) in [4.78, 5) is 7.79. The Morgan fingerprint density at radius 1 is 1.05 bits per heavy atom. The second kappa shape index (κ2) is 5.17. The average Bonchev–Trinajstić information content (AvgIpc) is 2.88. The number of hydrogen-bond acceptors (Lipinski definition) is 6. The molecule has 6 nitrogen and oxygen atoms in total. The van der Waals surface area contributed by atoms with Crippen LogP contribution in [0.5, 0.6) is 0 Å². The van der Waals surface area contributed by atoms with Crippen molar-refractivity contribution in [2.45, 2.75) is 0 Å². The molecule has 10 heteroatoms. The molecule has 1 aromatic heterocycles. The summed E-state index contributed by atoms with van der Waals surface area (Å²) in [5.41, 5.74) is 7.15. The largest absolute Gasteiger partial charge is 0.368 e. The van der Waals surface area contributed by atoms with Crippen LogP contribution in [0.3, 0.4) is 0 Å². The molecular weight excluding hydrogens is 343 g/mol. The number of rotatable bonds is 2. The van der Waals surface area contributed by atoms with Gasteiger partial charge in [-0.15, -0.1) is 0 Å². The Bertz CT molecular complexity index is 787. The third-order valence-electron chi connectivity index (χ3n) is 2.45. The van der Waals surface area contributed by atoms with Gasteiger partial charge in [0.2, 0.25) is 5.95 Å². The highest BCUT2D eigenvalue weighted by Crippen LogP contribution is 2.48. The van der Waals surface area contributed by atoms with Crippen molar-refractivity contribution in [3.8, 4) is 0 Å². The zero-order valence-electron chi connectivity index (χ0n) is 9.56. The molecule has 20 heavy (non-hydrogen) atoms. The first-order chi connectivity index (χ1) is 9.56. The van der Waals surface area contributed by atoms with Crippen molar-refractivity contribution < 1.29 is 0 Å². The maximum atomic E-state index is 6.18. The first kappa shape index (κ1) is 13.6. The summed E-state index contributed by atoms with van der Waals surface area (Å²) in [5.74, 6) is 0.423. The predicted octanol–water partition coefficient (Wildman–Crippen LogP) is 4.49. The van der Waals surface area contributed by atoms with E-state index in [-0.39, 0.29) is 5.95 Å². The summed E-state index contributed by atoms with van der Waals surface area (Å²) in [7, 11) is 0. The molecule has 1 aromatic carbocycles. The minimum absolute atomic E-state index is 0.0923. The molecule has 2 aromatic rings. The van der Waals surface area contributed by atoms with Crippen molar-refractivity contribution in [2.75, 3.05) is 11.1 Å². The quantitative estimate of drug-likeness (QED) is 0.715. The zero-order valence-corrected chi connectivity index (χ0v) is 12.6. The van der Waals surface area contributed by atoms with Gasteiger partial charge in [-0.05, 0) is 6.07 Å². The average molecular weight is 348 g/mol. The van der Waals surface area contributed by atoms with Crippen LogP contribution in [0.4, 0.5) is 28.8 Å². The van der Waals surface area contributed by atoms with Crippen molar-refractivity contribution >= 4 is 75.0 Å². The molecule has 0 unspecified atom stereocenters. The number of nitrogens with one attached hydrogen (secondary N) is 1. The molecular formula is C10H5Cl3N6S. The molecule has 0 atom stereocenters. The van der Waals surface area contributed by atoms with Crippen molar-refractivity contribution in [1.82, 2.24) is 9.97 Å². The molecule has 0 radical (unpaired) electrons. The van der Waals surface area contributed by atoms with Crippen molar-refractivity contribution in [1.29, 1.82) is 0 Å². The van der Waals surface area contributed by atoms with Crippen LogP contribution >= 0.6 is 34.8 Å². The number of halogens is 3. The number of hydrogen-bond donors (Lipinski definition) is 2. The summed E-state index contributed by atoms with van der Waals surface area (Å²) < 4.78 is 8.28. The fraction of sp³-hybridized carbons (Fsp3) is 0. The number of fused-ring (bicyclic) bond motifs is 1. The minimum atomic E-state index is 0.0923. The Hall–Kier alpha value is -1.41. The van der Waals surface area contributed by atoms with Gasteiger partial charge in [0.1, 0.15) is 16.4 Å². The maximum absolute atomic E-state index is 6.18. The molecule has 0 fully saturated rings. The van der Waals surface area contributed by atoms with E-state index >= 15 is 0 Å². The topological polar surface area (TPSA) is 88.5 Å². The molecule has 1 aliphatic rings. The van der Waals surface area contributed by atoms with E-state index in [1.54, 1.807) is 6.07 Å². The van der Waals surface area contributed by atoms with Crippen LogP contribution < -0.4 is 11.1 Å². The van der Waals surface area contributed by atoms with Crippen LogP contribution in [0.1, 0.15) is 0 Å². The highest BCUT2D eigenvalue weighted by molar-refractivity contribution is 7.58. The summed E-state index contributed by atoms with van der Waals surface area (Å²) >= 11 is 19.3. The predicted molar refractivity (Wildman–Crippen MR) is 82.7 cm³/mol. The van der Waals surface area contributed by atoms with Gasteiger partial charge in [-0.1, -0.05) is 34.8 Å². The number of nitrogens with two attached hydrogens (primary N) is 1. The van der Waals surface area contributed by atoms with Gasteiger partial charge in [-0.3, -0.25) is 0 Å². The second-order valence-electron chi connectivity index (χ2n) is 3.73. The zero-order chi connectivity index (χ0) is 14.3. The van der Waals surface area contributed by atoms with Gasteiger partial charge in [0, 0.05) is 0 Å². The highest BCUT2D eigenvalue weighted by atomic mass is 35.5. The molecule has 2 heterocycles. The summed E-state index contributed by atoms with van der Waals surface area (Å²) in [6, 6.07) is 1.58. The highest BCUT2D eigenvalue weighted by Gasteiger charge is 2.20. The van der Waals surface area contributed by atoms with Gasteiger partial charge in [-0.25, -0.2) is 4.98 Å². The lowest BCUT2D eigenvalue weighted by Gasteiger charge is -2.12. The van der Waals surface area contributed by atoms with Crippen LogP contribution in [0.2, 0.25) is 15.1 Å². The number of anilines is 3. The third kappa shape index (κ3) is 2.33. The number of nitrogen functional groups attached to an aromatic ring is 1. The standard InChI is InChI=1S/C10H5Cl3N6S/c11-3-1-4(12)7-8(19-20-18-7)6(3)16-9-5(13)2-15-10(14)17-9/h1-2H,(H3,14,15,16,17). The van der Waals surface area contributed by atoms with E-state index < -0.39 is 0 Å². The first-order valence-corrected chi connectivity index (χ1v) is 7.08. The Labute approximate surface area is 132 Å². The van der Waals surface area contributed by atoms with Gasteiger partial charge in [-0.2, -0.15) is 13.7 Å². The molecule has 0 amide bonds. The number of nitrogens with zero attached hydrogens (tertiary/aromatic N) is 4. The Kier molecular flexibility index (Phi) is 3.51. The molecule has 0 spiro atoms. The van der Waals surface area contributed by atoms with Gasteiger partial charge in [0.15, 0.2) is 5.82 Å². The molecule has 0 saturated carbocycles. The van der Waals surface area contributed by atoms with Crippen LogP contribution in [-0.2, 0) is 11.4 Å². The Morgan fingerprint density at radius 3 is 2.60 bits per heavy atom. The molecule has 0 saturated heterocycles. The lowest BCUT2D eigenvalue weighted by Crippen LogP contribution is -2.01. The summed E-state index contributed by atoms with van der Waals surface area (Å²) in [6.45, 7) is 0. The monoisotopic (exact) mass is 346 g/mol. The smallest absolute Gasteiger partial charge is 0.222 e. The van der Waals surface area contributed by atoms with E-state index in [9.17, 15) is 0 Å². The van der Waals surface area contributed by atoms with Crippen molar-refractivity contribution in [2.24, 2.45) is 8.73 Å². The van der Waals surface area contributed by atoms with E-state index in [0.717, 1.165) is 11.4 Å². The normalized spacial score (nSPS) is 12.2. The van der Waals surface area contributed by atoms with E-state index in [0.29, 0.717) is 37.9 Å². The fourth-order valence-corrected chi connectivity index (χ4v) is 2.88. The fourth-order valence-electron chi connectivity index (χ4n) is 1.58. The van der Waals surface area contributed by atoms with E-state index in [2.05, 4.69) is 24.0 Å². The molecule has 102 valence electrons. The van der Waals surface area contributed by atoms with E-state index in [1.165, 1.54) is 6.20 Å². The van der Waals surface area contributed by atoms with Gasteiger partial charge in [0.25, 0.3) is 0 Å². The van der Waals surface area contributed by atoms with E-state index in [4.69, 9.17) is 40.5 Å². The maximum Gasteiger partial charge on any atom is 0.222 e. The minimum Gasteiger partial charge on any atom is -0.368 e. The number of benzene rings is 1. The van der Waals surface area contributed by atoms with Gasteiger partial charge >= 0.3 is 0 Å². The SMILES string of the molecule is Nc1ncc(Cl)c(Nc2c(Cl)cc(Cl)c3c2N=S=N3)n1. The third-order valence-corrected chi connectivity index (χ3v) is 3.84. The summed E-state index contributed by atoms with van der Waals surface area (Å²) in [5, 5.41) is 4.10. The Balaban J connectivity index is 2.11. The van der Waals surface area contributed by atoms with Gasteiger partial charge in [0.05, 0.1) is 33.3 Å². The van der Waals surface area contributed by atoms with Crippen LogP contribution in [-0.4, -0.2) is 9.97 Å². The van der Waals surface area contributed by atoms with E-state index in [1.807, 2.05) is 0 Å². The molecule has 3 N–H and O–H groups in total. The Morgan fingerprint density at radius 2 is 1.80 bits per heavy atom. The lowest BCUT2D eigenvalue weighted by molar-refractivity contribution is 1.18. The second-order valence-corrected chi connectivity index (χ2v) is 5.48. The van der Waals surface area contributed by atoms with Crippen molar-refractivity contribution in [3.63, 3.8) is 0 Å². The lowest BCUT2D eigenvalue weighted by atomic mass is 10.2. The first-order valence-electron chi connectivity index (χ1n) is 5.21. The number of aromatic nitrogens is 2. The molecule has 0 bridgehead atoms. The van der Waals surface area contributed by atoms with Crippen LogP contribution in [0.25, 0.3) is 0 Å².